The molecule has 2 atom stereocenters. The number of benzene rings is 2. The minimum atomic E-state index is -0.408. The summed E-state index contributed by atoms with van der Waals surface area (Å²) in [6.07, 6.45) is 0.502. The second-order valence-corrected chi connectivity index (χ2v) is 8.39. The van der Waals surface area contributed by atoms with Crippen molar-refractivity contribution in [3.05, 3.63) is 65.5 Å². The van der Waals surface area contributed by atoms with Crippen molar-refractivity contribution in [3.8, 4) is 0 Å². The molecule has 0 aromatic heterocycles. The van der Waals surface area contributed by atoms with Crippen LogP contribution in [0.1, 0.15) is 29.3 Å². The third kappa shape index (κ3) is 4.72. The van der Waals surface area contributed by atoms with Crippen LogP contribution in [-0.2, 0) is 6.54 Å². The van der Waals surface area contributed by atoms with Gasteiger partial charge in [0.15, 0.2) is 5.78 Å². The van der Waals surface area contributed by atoms with Gasteiger partial charge < -0.3 is 10.0 Å². The summed E-state index contributed by atoms with van der Waals surface area (Å²) in [7, 11) is 0. The molecule has 0 bridgehead atoms. The maximum absolute atomic E-state index is 14.1. The molecule has 30 heavy (non-hydrogen) atoms. The molecule has 2 heterocycles. The van der Waals surface area contributed by atoms with Crippen LogP contribution in [-0.4, -0.2) is 72.1 Å². The van der Waals surface area contributed by atoms with Gasteiger partial charge in [0.05, 0.1) is 11.8 Å². The third-order valence-electron chi connectivity index (χ3n) is 6.35. The first-order valence-corrected chi connectivity index (χ1v) is 10.7. The second kappa shape index (κ2) is 9.25. The van der Waals surface area contributed by atoms with Crippen molar-refractivity contribution in [1.29, 1.82) is 0 Å². The van der Waals surface area contributed by atoms with Gasteiger partial charge in [-0.25, -0.2) is 4.39 Å². The minimum absolute atomic E-state index is 0.0742. The van der Waals surface area contributed by atoms with E-state index in [4.69, 9.17) is 0 Å². The highest BCUT2D eigenvalue weighted by atomic mass is 19.1. The lowest BCUT2D eigenvalue weighted by Gasteiger charge is -2.45. The Morgan fingerprint density at radius 2 is 1.83 bits per heavy atom. The highest BCUT2D eigenvalue weighted by Gasteiger charge is 2.34. The lowest BCUT2D eigenvalue weighted by atomic mass is 9.98. The van der Waals surface area contributed by atoms with Crippen LogP contribution in [0.2, 0.25) is 0 Å². The fourth-order valence-corrected chi connectivity index (χ4v) is 4.70. The second-order valence-electron chi connectivity index (χ2n) is 8.39. The number of anilines is 1. The number of Topliss-reactive ketones (excluding diaryl/α,β-unsaturated/α-hetero) is 1. The molecule has 6 heteroatoms. The number of halogens is 1. The number of carbonyl (C=O) groups is 1. The van der Waals surface area contributed by atoms with Gasteiger partial charge in [0, 0.05) is 57.4 Å². The minimum Gasteiger partial charge on any atom is -0.390 e. The number of ketones is 1. The van der Waals surface area contributed by atoms with Crippen LogP contribution in [0.5, 0.6) is 0 Å². The smallest absolute Gasteiger partial charge is 0.159 e. The lowest BCUT2D eigenvalue weighted by molar-refractivity contribution is -0.0172. The summed E-state index contributed by atoms with van der Waals surface area (Å²) in [5.74, 6) is -0.0988. The van der Waals surface area contributed by atoms with Crippen LogP contribution < -0.4 is 4.90 Å². The number of likely N-dealkylation sites (tertiary alicyclic amines) is 1. The number of aliphatic hydroxyl groups is 1. The van der Waals surface area contributed by atoms with E-state index in [0.29, 0.717) is 12.2 Å². The first kappa shape index (κ1) is 21.0. The van der Waals surface area contributed by atoms with Gasteiger partial charge in [0.25, 0.3) is 0 Å². The Labute approximate surface area is 177 Å². The number of hydrogen-bond donors (Lipinski definition) is 1. The van der Waals surface area contributed by atoms with E-state index in [9.17, 15) is 14.3 Å². The lowest BCUT2D eigenvalue weighted by Crippen LogP contribution is -2.58. The number of hydrogen-bond acceptors (Lipinski definition) is 5. The van der Waals surface area contributed by atoms with Crippen LogP contribution in [0.4, 0.5) is 10.1 Å². The number of piperidine rings is 1. The summed E-state index contributed by atoms with van der Waals surface area (Å²) in [6, 6.07) is 14.8. The molecule has 2 aliphatic heterocycles. The van der Waals surface area contributed by atoms with E-state index in [0.717, 1.165) is 56.8 Å². The summed E-state index contributed by atoms with van der Waals surface area (Å²) in [5.41, 5.74) is 2.50. The fourth-order valence-electron chi connectivity index (χ4n) is 4.70. The Morgan fingerprint density at radius 3 is 2.53 bits per heavy atom. The maximum atomic E-state index is 14.1. The number of aliphatic hydroxyl groups excluding tert-OH is 1. The van der Waals surface area contributed by atoms with E-state index < -0.39 is 6.10 Å². The van der Waals surface area contributed by atoms with E-state index in [1.165, 1.54) is 6.07 Å². The molecule has 0 spiro atoms. The maximum Gasteiger partial charge on any atom is 0.159 e. The molecule has 2 aromatic rings. The zero-order valence-electron chi connectivity index (χ0n) is 17.5. The average Bonchev–Trinajstić information content (AvgIpc) is 2.75. The first-order valence-electron chi connectivity index (χ1n) is 10.7. The van der Waals surface area contributed by atoms with Gasteiger partial charge in [0.2, 0.25) is 0 Å². The Balaban J connectivity index is 1.30. The largest absolute Gasteiger partial charge is 0.390 e. The van der Waals surface area contributed by atoms with Crippen molar-refractivity contribution in [2.45, 2.75) is 32.0 Å². The third-order valence-corrected chi connectivity index (χ3v) is 6.35. The number of rotatable bonds is 5. The van der Waals surface area contributed by atoms with Gasteiger partial charge in [0.1, 0.15) is 5.82 Å². The molecule has 0 aliphatic carbocycles. The van der Waals surface area contributed by atoms with Crippen molar-refractivity contribution in [3.63, 3.8) is 0 Å². The van der Waals surface area contributed by atoms with Gasteiger partial charge in [-0.1, -0.05) is 30.3 Å². The Bertz CT molecular complexity index is 882. The molecule has 5 nitrogen and oxygen atoms in total. The standard InChI is InChI=1S/C24H30FN3O2/c1-18(29)20-6-4-5-19(15-20)16-26-10-9-23(24(30)17-26)28-13-11-27(12-14-28)22-8-3-2-7-21(22)25/h2-8,15,23-24,30H,9-14,16-17H2,1H3/t23-,24-/m0/s1. The monoisotopic (exact) mass is 411 g/mol. The van der Waals surface area contributed by atoms with Crippen molar-refractivity contribution in [2.24, 2.45) is 0 Å². The molecule has 0 saturated carbocycles. The zero-order valence-corrected chi connectivity index (χ0v) is 17.5. The van der Waals surface area contributed by atoms with Gasteiger partial charge in [-0.05, 0) is 37.1 Å². The molecule has 0 amide bonds. The summed E-state index contributed by atoms with van der Waals surface area (Å²) in [4.78, 5) is 18.3. The van der Waals surface area contributed by atoms with E-state index in [2.05, 4.69) is 14.7 Å². The van der Waals surface area contributed by atoms with Crippen LogP contribution >= 0.6 is 0 Å². The average molecular weight is 412 g/mol. The molecule has 160 valence electrons. The Morgan fingerprint density at radius 1 is 1.07 bits per heavy atom. The molecule has 2 fully saturated rings. The Hall–Kier alpha value is -2.28. The van der Waals surface area contributed by atoms with E-state index in [-0.39, 0.29) is 17.6 Å². The molecule has 4 rings (SSSR count). The predicted octanol–water partition coefficient (Wildman–Crippen LogP) is 2.79. The molecule has 2 saturated heterocycles. The molecular weight excluding hydrogens is 381 g/mol. The number of β-amino-alcohol motifs (C(OH)–C–C–N with tert-alkyl or cyclic N) is 1. The summed E-state index contributed by atoms with van der Waals surface area (Å²) in [6.45, 7) is 7.07. The highest BCUT2D eigenvalue weighted by Crippen LogP contribution is 2.24. The van der Waals surface area contributed by atoms with Crippen LogP contribution in [0, 0.1) is 5.82 Å². The van der Waals surface area contributed by atoms with Crippen molar-refractivity contribution in [1.82, 2.24) is 9.80 Å². The summed E-state index contributed by atoms with van der Waals surface area (Å²) >= 11 is 0. The van der Waals surface area contributed by atoms with Gasteiger partial charge >= 0.3 is 0 Å². The molecule has 2 aliphatic rings. The van der Waals surface area contributed by atoms with Crippen LogP contribution in [0.25, 0.3) is 0 Å². The van der Waals surface area contributed by atoms with Crippen molar-refractivity contribution in [2.75, 3.05) is 44.2 Å². The molecule has 0 radical (unpaired) electrons. The van der Waals surface area contributed by atoms with Crippen LogP contribution in [0.3, 0.4) is 0 Å². The van der Waals surface area contributed by atoms with Gasteiger partial charge in [-0.3, -0.25) is 14.6 Å². The quantitative estimate of drug-likeness (QED) is 0.767. The number of piperazine rings is 1. The summed E-state index contributed by atoms with van der Waals surface area (Å²) < 4.78 is 14.1. The van der Waals surface area contributed by atoms with E-state index >= 15 is 0 Å². The number of para-hydroxylation sites is 1. The SMILES string of the molecule is CC(=O)c1cccc(CN2CC[C@H](N3CCN(c4ccccc4F)CC3)[C@@H](O)C2)c1. The van der Waals surface area contributed by atoms with Gasteiger partial charge in [-0.2, -0.15) is 0 Å². The zero-order chi connectivity index (χ0) is 21.1. The van der Waals surface area contributed by atoms with Crippen LogP contribution in [0.15, 0.2) is 48.5 Å². The van der Waals surface area contributed by atoms with E-state index in [1.54, 1.807) is 13.0 Å². The van der Waals surface area contributed by atoms with E-state index in [1.807, 2.05) is 36.4 Å². The predicted molar refractivity (Wildman–Crippen MR) is 116 cm³/mol. The number of nitrogens with zero attached hydrogens (tertiary/aromatic N) is 3. The van der Waals surface area contributed by atoms with Crippen molar-refractivity contribution < 1.29 is 14.3 Å². The van der Waals surface area contributed by atoms with Gasteiger partial charge in [-0.15, -0.1) is 0 Å². The highest BCUT2D eigenvalue weighted by molar-refractivity contribution is 5.94. The topological polar surface area (TPSA) is 47.0 Å². The molecule has 1 N–H and O–H groups in total. The molecule has 0 unspecified atom stereocenters. The van der Waals surface area contributed by atoms with Crippen molar-refractivity contribution >= 4 is 11.5 Å². The fraction of sp³-hybridized carbons (Fsp3) is 0.458. The molecule has 2 aromatic carbocycles. The summed E-state index contributed by atoms with van der Waals surface area (Å²) in [5, 5.41) is 10.8. The first-order chi connectivity index (χ1) is 14.5. The Kier molecular flexibility index (Phi) is 6.46. The normalized spacial score (nSPS) is 23.5. The molecular formula is C24H30FN3O2. The number of carbonyl (C=O) groups excluding carboxylic acids is 1.